The monoisotopic (exact) mass is 354 g/mol. The van der Waals surface area contributed by atoms with E-state index in [0.29, 0.717) is 38.9 Å². The van der Waals surface area contributed by atoms with Crippen molar-refractivity contribution in [3.05, 3.63) is 35.9 Å². The first-order valence-corrected chi connectivity index (χ1v) is 9.02. The fourth-order valence-electron chi connectivity index (χ4n) is 4.42. The molecule has 1 aliphatic heterocycles. The molecule has 2 aliphatic rings. The molecular weight excluding hydrogens is 329 g/mol. The van der Waals surface area contributed by atoms with Crippen LogP contribution < -0.4 is 5.73 Å². The molecule has 2 fully saturated rings. The zero-order chi connectivity index (χ0) is 18.0. The maximum Gasteiger partial charge on any atom is 0.392 e. The Morgan fingerprint density at radius 3 is 2.44 bits per heavy atom. The lowest BCUT2D eigenvalue weighted by Gasteiger charge is -2.34. The molecule has 1 saturated carbocycles. The van der Waals surface area contributed by atoms with Crippen molar-refractivity contribution in [3.8, 4) is 0 Å². The number of nitrogens with two attached hydrogens (primary N) is 1. The molecule has 0 radical (unpaired) electrons. The van der Waals surface area contributed by atoms with Crippen LogP contribution in [0.4, 0.5) is 13.2 Å². The molecule has 2 unspecified atom stereocenters. The predicted octanol–water partition coefficient (Wildman–Crippen LogP) is 3.56. The molecule has 3 nitrogen and oxygen atoms in total. The minimum absolute atomic E-state index is 0.0657. The van der Waals surface area contributed by atoms with Gasteiger partial charge in [0.2, 0.25) is 5.91 Å². The quantitative estimate of drug-likeness (QED) is 0.902. The maximum atomic E-state index is 13.3. The minimum atomic E-state index is -4.30. The molecule has 1 aromatic carbocycles. The van der Waals surface area contributed by atoms with Gasteiger partial charge in [-0.3, -0.25) is 4.79 Å². The Labute approximate surface area is 146 Å². The van der Waals surface area contributed by atoms with Crippen LogP contribution >= 0.6 is 0 Å². The van der Waals surface area contributed by atoms with E-state index in [9.17, 15) is 18.0 Å². The van der Waals surface area contributed by atoms with Gasteiger partial charge in [-0.1, -0.05) is 43.2 Å². The van der Waals surface area contributed by atoms with E-state index in [-0.39, 0.29) is 24.2 Å². The molecule has 4 atom stereocenters. The number of hydrogen-bond acceptors (Lipinski definition) is 2. The highest BCUT2D eigenvalue weighted by atomic mass is 19.4. The summed E-state index contributed by atoms with van der Waals surface area (Å²) < 4.78 is 40.0. The maximum absolute atomic E-state index is 13.3. The Morgan fingerprint density at radius 1 is 1.12 bits per heavy atom. The van der Waals surface area contributed by atoms with Crippen LogP contribution in [0.25, 0.3) is 0 Å². The molecule has 1 saturated heterocycles. The van der Waals surface area contributed by atoms with E-state index < -0.39 is 18.0 Å². The smallest absolute Gasteiger partial charge is 0.341 e. The normalized spacial score (nSPS) is 30.5. The highest BCUT2D eigenvalue weighted by molar-refractivity contribution is 5.80. The Morgan fingerprint density at radius 2 is 1.80 bits per heavy atom. The van der Waals surface area contributed by atoms with Gasteiger partial charge in [0.1, 0.15) is 0 Å². The number of alkyl halides is 3. The number of benzene rings is 1. The van der Waals surface area contributed by atoms with Crippen LogP contribution in [-0.4, -0.2) is 36.6 Å². The summed E-state index contributed by atoms with van der Waals surface area (Å²) in [5.41, 5.74) is 6.98. The van der Waals surface area contributed by atoms with E-state index in [4.69, 9.17) is 5.73 Å². The summed E-state index contributed by atoms with van der Waals surface area (Å²) in [5, 5.41) is 0. The first-order valence-electron chi connectivity index (χ1n) is 9.02. The number of likely N-dealkylation sites (tertiary alicyclic amines) is 1. The highest BCUT2D eigenvalue weighted by Gasteiger charge is 2.50. The molecule has 1 aromatic rings. The van der Waals surface area contributed by atoms with Crippen LogP contribution in [0.2, 0.25) is 0 Å². The Bertz CT molecular complexity index is 590. The molecule has 2 N–H and O–H groups in total. The van der Waals surface area contributed by atoms with Crippen LogP contribution in [0, 0.1) is 17.8 Å². The molecule has 138 valence electrons. The number of halogens is 3. The summed E-state index contributed by atoms with van der Waals surface area (Å²) in [4.78, 5) is 14.5. The second kappa shape index (κ2) is 7.36. The largest absolute Gasteiger partial charge is 0.392 e. The van der Waals surface area contributed by atoms with Crippen LogP contribution in [0.5, 0.6) is 0 Å². The van der Waals surface area contributed by atoms with Gasteiger partial charge in [0.05, 0.1) is 5.92 Å². The van der Waals surface area contributed by atoms with Crippen molar-refractivity contribution >= 4 is 5.91 Å². The molecule has 0 aromatic heterocycles. The number of carbonyl (C=O) groups is 1. The van der Waals surface area contributed by atoms with Gasteiger partial charge in [-0.15, -0.1) is 0 Å². The molecule has 6 heteroatoms. The molecule has 0 bridgehead atoms. The standard InChI is InChI=1S/C19H25F3N2O/c20-19(21,22)17-9-5-4-8-15(17)18(25)24-11-14(10-23)16(12-24)13-6-2-1-3-7-13/h1-3,6-7,14-17H,4-5,8-12,23H2/t14-,15?,16+,17?/m1/s1. The van der Waals surface area contributed by atoms with Gasteiger partial charge in [0.15, 0.2) is 0 Å². The second-order valence-electron chi connectivity index (χ2n) is 7.30. The minimum Gasteiger partial charge on any atom is -0.341 e. The SMILES string of the molecule is NC[C@@H]1CN(C(=O)C2CCCCC2C(F)(F)F)C[C@H]1c1ccccc1. The summed E-state index contributed by atoms with van der Waals surface area (Å²) >= 11 is 0. The third-order valence-corrected chi connectivity index (χ3v) is 5.79. The van der Waals surface area contributed by atoms with Crippen LogP contribution in [0.1, 0.15) is 37.2 Å². The van der Waals surface area contributed by atoms with Gasteiger partial charge in [-0.05, 0) is 30.9 Å². The van der Waals surface area contributed by atoms with Gasteiger partial charge in [0.25, 0.3) is 0 Å². The molecule has 25 heavy (non-hydrogen) atoms. The molecule has 1 aliphatic carbocycles. The van der Waals surface area contributed by atoms with Gasteiger partial charge in [-0.2, -0.15) is 13.2 Å². The van der Waals surface area contributed by atoms with E-state index in [2.05, 4.69) is 0 Å². The number of carbonyl (C=O) groups excluding carboxylic acids is 1. The van der Waals surface area contributed by atoms with Crippen molar-refractivity contribution in [1.29, 1.82) is 0 Å². The number of rotatable bonds is 3. The van der Waals surface area contributed by atoms with Crippen molar-refractivity contribution in [2.75, 3.05) is 19.6 Å². The summed E-state index contributed by atoms with van der Waals surface area (Å²) in [6.45, 7) is 1.35. The van der Waals surface area contributed by atoms with E-state index in [1.165, 1.54) is 0 Å². The number of amides is 1. The third kappa shape index (κ3) is 3.84. The zero-order valence-electron chi connectivity index (χ0n) is 14.2. The van der Waals surface area contributed by atoms with Crippen LogP contribution in [0.15, 0.2) is 30.3 Å². The lowest BCUT2D eigenvalue weighted by atomic mass is 9.78. The average Bonchev–Trinajstić information content (AvgIpc) is 3.05. The van der Waals surface area contributed by atoms with Crippen molar-refractivity contribution in [2.45, 2.75) is 37.8 Å². The molecular formula is C19H25F3N2O. The molecule has 1 heterocycles. The van der Waals surface area contributed by atoms with Gasteiger partial charge in [0, 0.05) is 24.9 Å². The fraction of sp³-hybridized carbons (Fsp3) is 0.632. The lowest BCUT2D eigenvalue weighted by molar-refractivity contribution is -0.200. The average molecular weight is 354 g/mol. The van der Waals surface area contributed by atoms with Crippen LogP contribution in [0.3, 0.4) is 0 Å². The van der Waals surface area contributed by atoms with Gasteiger partial charge < -0.3 is 10.6 Å². The van der Waals surface area contributed by atoms with Gasteiger partial charge >= 0.3 is 6.18 Å². The van der Waals surface area contributed by atoms with Crippen molar-refractivity contribution in [1.82, 2.24) is 4.90 Å². The first kappa shape index (κ1) is 18.2. The van der Waals surface area contributed by atoms with Crippen molar-refractivity contribution in [2.24, 2.45) is 23.5 Å². The van der Waals surface area contributed by atoms with E-state index in [1.807, 2.05) is 30.3 Å². The second-order valence-corrected chi connectivity index (χ2v) is 7.30. The number of hydrogen-bond donors (Lipinski definition) is 1. The number of nitrogens with zero attached hydrogens (tertiary/aromatic N) is 1. The van der Waals surface area contributed by atoms with Gasteiger partial charge in [-0.25, -0.2) is 0 Å². The molecule has 1 amide bonds. The van der Waals surface area contributed by atoms with E-state index in [1.54, 1.807) is 4.90 Å². The Balaban J connectivity index is 1.76. The Hall–Kier alpha value is -1.56. The van der Waals surface area contributed by atoms with E-state index in [0.717, 1.165) is 5.56 Å². The fourth-order valence-corrected chi connectivity index (χ4v) is 4.42. The Kier molecular flexibility index (Phi) is 5.37. The summed E-state index contributed by atoms with van der Waals surface area (Å²) in [6.07, 6.45) is -2.66. The third-order valence-electron chi connectivity index (χ3n) is 5.79. The van der Waals surface area contributed by atoms with E-state index >= 15 is 0 Å². The summed E-state index contributed by atoms with van der Waals surface area (Å²) in [7, 11) is 0. The molecule has 3 rings (SSSR count). The van der Waals surface area contributed by atoms with Crippen LogP contribution in [-0.2, 0) is 4.79 Å². The predicted molar refractivity (Wildman–Crippen MR) is 89.8 cm³/mol. The lowest BCUT2D eigenvalue weighted by Crippen LogP contribution is -2.44. The first-order chi connectivity index (χ1) is 11.9. The summed E-state index contributed by atoms with van der Waals surface area (Å²) in [5.74, 6) is -2.57. The summed E-state index contributed by atoms with van der Waals surface area (Å²) in [6, 6.07) is 9.80. The highest BCUT2D eigenvalue weighted by Crippen LogP contribution is 2.43. The topological polar surface area (TPSA) is 46.3 Å². The molecule has 0 spiro atoms. The zero-order valence-corrected chi connectivity index (χ0v) is 14.2. The van der Waals surface area contributed by atoms with Crippen molar-refractivity contribution < 1.29 is 18.0 Å². The van der Waals surface area contributed by atoms with Crippen molar-refractivity contribution in [3.63, 3.8) is 0 Å².